The molecule has 0 radical (unpaired) electrons. The van der Waals surface area contributed by atoms with Gasteiger partial charge in [0.05, 0.1) is 11.3 Å². The van der Waals surface area contributed by atoms with Crippen LogP contribution in [0.25, 0.3) is 11.3 Å². The van der Waals surface area contributed by atoms with Crippen molar-refractivity contribution in [3.63, 3.8) is 0 Å². The largest absolute Gasteiger partial charge is 0.457 e. The molecule has 0 amide bonds. The average molecular weight is 304 g/mol. The van der Waals surface area contributed by atoms with Gasteiger partial charge in [-0.05, 0) is 31.2 Å². The van der Waals surface area contributed by atoms with Gasteiger partial charge in [0.1, 0.15) is 23.4 Å². The number of nitriles is 1. The molecule has 0 aliphatic carbocycles. The zero-order valence-corrected chi connectivity index (χ0v) is 12.5. The first-order chi connectivity index (χ1) is 11.2. The van der Waals surface area contributed by atoms with E-state index >= 15 is 0 Å². The SMILES string of the molecule is Cc1cccc(-c2cc(Oc3ccc(F)c(C#N)c3)ccn2)c1. The minimum atomic E-state index is -0.560. The monoisotopic (exact) mass is 304 g/mol. The number of benzene rings is 2. The summed E-state index contributed by atoms with van der Waals surface area (Å²) < 4.78 is 19.1. The number of aryl methyl sites for hydroxylation is 1. The molecule has 3 nitrogen and oxygen atoms in total. The summed E-state index contributed by atoms with van der Waals surface area (Å²) >= 11 is 0. The molecule has 1 aromatic heterocycles. The number of rotatable bonds is 3. The van der Waals surface area contributed by atoms with Crippen LogP contribution in [0, 0.1) is 24.1 Å². The smallest absolute Gasteiger partial charge is 0.141 e. The van der Waals surface area contributed by atoms with Crippen molar-refractivity contribution in [2.45, 2.75) is 6.92 Å². The fourth-order valence-corrected chi connectivity index (χ4v) is 2.23. The second-order valence-electron chi connectivity index (χ2n) is 5.10. The van der Waals surface area contributed by atoms with Crippen LogP contribution >= 0.6 is 0 Å². The van der Waals surface area contributed by atoms with E-state index in [4.69, 9.17) is 10.00 Å². The second-order valence-corrected chi connectivity index (χ2v) is 5.10. The highest BCUT2D eigenvalue weighted by atomic mass is 19.1. The van der Waals surface area contributed by atoms with E-state index in [1.54, 1.807) is 18.3 Å². The predicted molar refractivity (Wildman–Crippen MR) is 85.6 cm³/mol. The van der Waals surface area contributed by atoms with Crippen LogP contribution in [0.3, 0.4) is 0 Å². The number of pyridine rings is 1. The van der Waals surface area contributed by atoms with Crippen molar-refractivity contribution in [1.29, 1.82) is 5.26 Å². The van der Waals surface area contributed by atoms with Gasteiger partial charge in [0.2, 0.25) is 0 Å². The minimum absolute atomic E-state index is 0.0459. The molecular weight excluding hydrogens is 291 g/mol. The van der Waals surface area contributed by atoms with Crippen LogP contribution in [0.2, 0.25) is 0 Å². The molecule has 0 N–H and O–H groups in total. The Morgan fingerprint density at radius 2 is 1.87 bits per heavy atom. The van der Waals surface area contributed by atoms with Gasteiger partial charge in [0.15, 0.2) is 0 Å². The minimum Gasteiger partial charge on any atom is -0.457 e. The van der Waals surface area contributed by atoms with Crippen molar-refractivity contribution in [3.05, 3.63) is 77.7 Å². The summed E-state index contributed by atoms with van der Waals surface area (Å²) in [7, 11) is 0. The van der Waals surface area contributed by atoms with Gasteiger partial charge in [0, 0.05) is 23.9 Å². The van der Waals surface area contributed by atoms with Gasteiger partial charge >= 0.3 is 0 Å². The van der Waals surface area contributed by atoms with E-state index in [1.807, 2.05) is 37.3 Å². The number of aromatic nitrogens is 1. The Balaban J connectivity index is 1.90. The lowest BCUT2D eigenvalue weighted by Crippen LogP contribution is -1.90. The lowest BCUT2D eigenvalue weighted by Gasteiger charge is -2.08. The normalized spacial score (nSPS) is 10.1. The Labute approximate surface area is 133 Å². The summed E-state index contributed by atoms with van der Waals surface area (Å²) in [4.78, 5) is 4.35. The Bertz CT molecular complexity index is 900. The maximum absolute atomic E-state index is 13.3. The molecule has 0 unspecified atom stereocenters. The number of hydrogen-bond donors (Lipinski definition) is 0. The summed E-state index contributed by atoms with van der Waals surface area (Å²) in [6, 6.07) is 17.4. The summed E-state index contributed by atoms with van der Waals surface area (Å²) in [5.41, 5.74) is 2.88. The molecule has 1 heterocycles. The number of nitrogens with zero attached hydrogens (tertiary/aromatic N) is 2. The Morgan fingerprint density at radius 1 is 1.04 bits per heavy atom. The van der Waals surface area contributed by atoms with Crippen molar-refractivity contribution in [2.75, 3.05) is 0 Å². The first-order valence-electron chi connectivity index (χ1n) is 7.06. The van der Waals surface area contributed by atoms with Gasteiger partial charge in [-0.1, -0.05) is 23.8 Å². The molecule has 0 aliphatic rings. The third-order valence-corrected chi connectivity index (χ3v) is 3.34. The second kappa shape index (κ2) is 6.29. The Morgan fingerprint density at radius 3 is 2.65 bits per heavy atom. The van der Waals surface area contributed by atoms with Crippen molar-refractivity contribution in [1.82, 2.24) is 4.98 Å². The van der Waals surface area contributed by atoms with Gasteiger partial charge in [-0.25, -0.2) is 4.39 Å². The quantitative estimate of drug-likeness (QED) is 0.694. The highest BCUT2D eigenvalue weighted by Crippen LogP contribution is 2.27. The number of hydrogen-bond acceptors (Lipinski definition) is 3. The standard InChI is InChI=1S/C19H13FN2O/c1-13-3-2-4-14(9-13)19-11-17(7-8-22-19)23-16-5-6-18(20)15(10-16)12-21/h2-11H,1H3. The number of ether oxygens (including phenoxy) is 1. The van der Waals surface area contributed by atoms with Crippen LogP contribution in [0.1, 0.15) is 11.1 Å². The molecule has 0 saturated carbocycles. The maximum atomic E-state index is 13.3. The third-order valence-electron chi connectivity index (χ3n) is 3.34. The van der Waals surface area contributed by atoms with E-state index in [1.165, 1.54) is 18.2 Å². The van der Waals surface area contributed by atoms with Gasteiger partial charge in [0.25, 0.3) is 0 Å². The van der Waals surface area contributed by atoms with E-state index in [-0.39, 0.29) is 5.56 Å². The van der Waals surface area contributed by atoms with Crippen LogP contribution in [0.15, 0.2) is 60.8 Å². The van der Waals surface area contributed by atoms with Crippen molar-refractivity contribution in [3.8, 4) is 28.8 Å². The first kappa shape index (κ1) is 14.7. The average Bonchev–Trinajstić information content (AvgIpc) is 2.57. The zero-order chi connectivity index (χ0) is 16.2. The first-order valence-corrected chi connectivity index (χ1v) is 7.06. The Kier molecular flexibility index (Phi) is 4.03. The lowest BCUT2D eigenvalue weighted by molar-refractivity contribution is 0.480. The van der Waals surface area contributed by atoms with Crippen LogP contribution in [-0.2, 0) is 0 Å². The molecule has 0 bridgehead atoms. The van der Waals surface area contributed by atoms with Gasteiger partial charge in [-0.15, -0.1) is 0 Å². The van der Waals surface area contributed by atoms with Crippen molar-refractivity contribution < 1.29 is 9.13 Å². The summed E-state index contributed by atoms with van der Waals surface area (Å²) in [6.45, 7) is 2.02. The molecule has 0 aliphatic heterocycles. The van der Waals surface area contributed by atoms with Gasteiger partial charge < -0.3 is 4.74 Å². The molecule has 112 valence electrons. The molecule has 3 aromatic rings. The third kappa shape index (κ3) is 3.35. The highest BCUT2D eigenvalue weighted by Gasteiger charge is 2.06. The predicted octanol–water partition coefficient (Wildman–Crippen LogP) is 4.86. The number of halogens is 1. The topological polar surface area (TPSA) is 45.9 Å². The molecule has 0 saturated heterocycles. The van der Waals surface area contributed by atoms with E-state index in [9.17, 15) is 4.39 Å². The van der Waals surface area contributed by atoms with E-state index in [0.29, 0.717) is 11.5 Å². The molecule has 0 fully saturated rings. The summed E-state index contributed by atoms with van der Waals surface area (Å²) in [5.74, 6) is 0.423. The van der Waals surface area contributed by atoms with Crippen LogP contribution < -0.4 is 4.74 Å². The fourth-order valence-electron chi connectivity index (χ4n) is 2.23. The molecule has 4 heteroatoms. The highest BCUT2D eigenvalue weighted by molar-refractivity contribution is 5.61. The lowest BCUT2D eigenvalue weighted by atomic mass is 10.1. The zero-order valence-electron chi connectivity index (χ0n) is 12.5. The van der Waals surface area contributed by atoms with Gasteiger partial charge in [-0.2, -0.15) is 5.26 Å². The van der Waals surface area contributed by atoms with E-state index in [2.05, 4.69) is 4.98 Å². The maximum Gasteiger partial charge on any atom is 0.141 e. The fraction of sp³-hybridized carbons (Fsp3) is 0.0526. The molecular formula is C19H13FN2O. The molecule has 2 aromatic carbocycles. The Hall–Kier alpha value is -3.19. The molecule has 3 rings (SSSR count). The van der Waals surface area contributed by atoms with Crippen LogP contribution in [0.4, 0.5) is 4.39 Å². The summed E-state index contributed by atoms with van der Waals surface area (Å²) in [5, 5.41) is 8.87. The van der Waals surface area contributed by atoms with Crippen LogP contribution in [0.5, 0.6) is 11.5 Å². The van der Waals surface area contributed by atoms with Crippen molar-refractivity contribution >= 4 is 0 Å². The van der Waals surface area contributed by atoms with Crippen molar-refractivity contribution in [2.24, 2.45) is 0 Å². The molecule has 0 spiro atoms. The van der Waals surface area contributed by atoms with Gasteiger partial charge in [-0.3, -0.25) is 4.98 Å². The van der Waals surface area contributed by atoms with E-state index < -0.39 is 5.82 Å². The molecule has 0 atom stereocenters. The summed E-state index contributed by atoms with van der Waals surface area (Å²) in [6.07, 6.45) is 1.65. The van der Waals surface area contributed by atoms with E-state index in [0.717, 1.165) is 16.8 Å². The molecule has 23 heavy (non-hydrogen) atoms. The van der Waals surface area contributed by atoms with Crippen LogP contribution in [-0.4, -0.2) is 4.98 Å².